The fourth-order valence-corrected chi connectivity index (χ4v) is 3.69. The summed E-state index contributed by atoms with van der Waals surface area (Å²) in [7, 11) is 0. The van der Waals surface area contributed by atoms with Crippen molar-refractivity contribution >= 4 is 0 Å². The summed E-state index contributed by atoms with van der Waals surface area (Å²) < 4.78 is 0. The number of rotatable bonds is 8. The highest BCUT2D eigenvalue weighted by Crippen LogP contribution is 2.34. The van der Waals surface area contributed by atoms with Crippen molar-refractivity contribution in [2.24, 2.45) is 5.73 Å². The topological polar surface area (TPSA) is 29.3 Å². The van der Waals surface area contributed by atoms with Gasteiger partial charge in [0, 0.05) is 12.1 Å². The van der Waals surface area contributed by atoms with E-state index in [1.807, 2.05) is 0 Å². The molecule has 1 saturated carbocycles. The summed E-state index contributed by atoms with van der Waals surface area (Å²) >= 11 is 0. The van der Waals surface area contributed by atoms with Crippen molar-refractivity contribution in [3.63, 3.8) is 0 Å². The maximum Gasteiger partial charge on any atom is 0.0331 e. The van der Waals surface area contributed by atoms with Crippen LogP contribution in [-0.2, 0) is 6.42 Å². The molecule has 0 aliphatic heterocycles. The molecule has 20 heavy (non-hydrogen) atoms. The summed E-state index contributed by atoms with van der Waals surface area (Å²) in [5.74, 6) is 0. The molecule has 0 radical (unpaired) electrons. The van der Waals surface area contributed by atoms with Gasteiger partial charge in [-0.2, -0.15) is 0 Å². The Kier molecular flexibility index (Phi) is 6.06. The standard InChI is InChI=1S/C18H30N2/c1-2-20(18(16-19)13-7-8-14-18)15-9-6-12-17-10-4-3-5-11-17/h3-5,10-11H,2,6-9,12-16,19H2,1H3. The molecule has 112 valence electrons. The predicted molar refractivity (Wildman–Crippen MR) is 86.9 cm³/mol. The lowest BCUT2D eigenvalue weighted by molar-refractivity contribution is 0.103. The summed E-state index contributed by atoms with van der Waals surface area (Å²) in [6.45, 7) is 5.47. The molecule has 0 unspecified atom stereocenters. The van der Waals surface area contributed by atoms with Gasteiger partial charge >= 0.3 is 0 Å². The smallest absolute Gasteiger partial charge is 0.0331 e. The van der Waals surface area contributed by atoms with Gasteiger partial charge in [-0.25, -0.2) is 0 Å². The van der Waals surface area contributed by atoms with E-state index in [2.05, 4.69) is 42.2 Å². The van der Waals surface area contributed by atoms with Crippen LogP contribution in [0.25, 0.3) is 0 Å². The summed E-state index contributed by atoms with van der Waals surface area (Å²) in [5, 5.41) is 0. The van der Waals surface area contributed by atoms with Crippen LogP contribution in [0.1, 0.15) is 51.0 Å². The Labute approximate surface area is 124 Å². The van der Waals surface area contributed by atoms with E-state index in [9.17, 15) is 0 Å². The molecule has 0 heterocycles. The molecule has 2 rings (SSSR count). The molecule has 0 atom stereocenters. The van der Waals surface area contributed by atoms with Gasteiger partial charge in [0.1, 0.15) is 0 Å². The average molecular weight is 274 g/mol. The zero-order valence-corrected chi connectivity index (χ0v) is 13.0. The first-order valence-electron chi connectivity index (χ1n) is 8.30. The van der Waals surface area contributed by atoms with Gasteiger partial charge in [0.15, 0.2) is 0 Å². The molecule has 2 nitrogen and oxygen atoms in total. The molecule has 1 aromatic carbocycles. The van der Waals surface area contributed by atoms with Crippen molar-refractivity contribution in [2.75, 3.05) is 19.6 Å². The second-order valence-corrected chi connectivity index (χ2v) is 6.16. The summed E-state index contributed by atoms with van der Waals surface area (Å²) in [6, 6.07) is 10.8. The number of benzene rings is 1. The SMILES string of the molecule is CCN(CCCCc1ccccc1)C1(CN)CCCC1. The first-order valence-corrected chi connectivity index (χ1v) is 8.30. The van der Waals surface area contributed by atoms with Crippen molar-refractivity contribution in [2.45, 2.75) is 57.4 Å². The van der Waals surface area contributed by atoms with Crippen LogP contribution in [-0.4, -0.2) is 30.1 Å². The molecule has 1 fully saturated rings. The van der Waals surface area contributed by atoms with Crippen LogP contribution < -0.4 is 5.73 Å². The Balaban J connectivity index is 1.76. The average Bonchev–Trinajstić information content (AvgIpc) is 2.98. The molecular formula is C18H30N2. The minimum Gasteiger partial charge on any atom is -0.329 e. The first-order chi connectivity index (χ1) is 9.80. The maximum atomic E-state index is 6.10. The zero-order chi connectivity index (χ0) is 14.3. The molecule has 2 N–H and O–H groups in total. The van der Waals surface area contributed by atoms with Gasteiger partial charge in [-0.3, -0.25) is 4.90 Å². The molecule has 1 aliphatic rings. The van der Waals surface area contributed by atoms with Crippen molar-refractivity contribution in [3.05, 3.63) is 35.9 Å². The molecule has 0 amide bonds. The molecule has 1 aromatic rings. The van der Waals surface area contributed by atoms with E-state index in [0.29, 0.717) is 5.54 Å². The molecule has 0 spiro atoms. The lowest BCUT2D eigenvalue weighted by Crippen LogP contribution is -2.52. The van der Waals surface area contributed by atoms with E-state index >= 15 is 0 Å². The molecule has 0 bridgehead atoms. The number of likely N-dealkylation sites (N-methyl/N-ethyl adjacent to an activating group) is 1. The van der Waals surface area contributed by atoms with Crippen LogP contribution in [0, 0.1) is 0 Å². The second kappa shape index (κ2) is 7.80. The number of unbranched alkanes of at least 4 members (excludes halogenated alkanes) is 1. The van der Waals surface area contributed by atoms with E-state index in [4.69, 9.17) is 5.73 Å². The van der Waals surface area contributed by atoms with Gasteiger partial charge in [0.05, 0.1) is 0 Å². The van der Waals surface area contributed by atoms with Crippen LogP contribution in [0.15, 0.2) is 30.3 Å². The van der Waals surface area contributed by atoms with Crippen LogP contribution >= 0.6 is 0 Å². The van der Waals surface area contributed by atoms with E-state index in [-0.39, 0.29) is 0 Å². The monoisotopic (exact) mass is 274 g/mol. The van der Waals surface area contributed by atoms with E-state index in [1.165, 1.54) is 57.1 Å². The lowest BCUT2D eigenvalue weighted by Gasteiger charge is -2.40. The number of nitrogens with two attached hydrogens (primary N) is 1. The van der Waals surface area contributed by atoms with Crippen LogP contribution in [0.3, 0.4) is 0 Å². The predicted octanol–water partition coefficient (Wildman–Crippen LogP) is 3.60. The number of hydrogen-bond acceptors (Lipinski definition) is 2. The Morgan fingerprint density at radius 3 is 2.40 bits per heavy atom. The molecular weight excluding hydrogens is 244 g/mol. The van der Waals surface area contributed by atoms with Crippen molar-refractivity contribution < 1.29 is 0 Å². The quantitative estimate of drug-likeness (QED) is 0.734. The van der Waals surface area contributed by atoms with Crippen molar-refractivity contribution in [1.29, 1.82) is 0 Å². The van der Waals surface area contributed by atoms with Gasteiger partial charge in [-0.1, -0.05) is 50.1 Å². The third-order valence-corrected chi connectivity index (χ3v) is 4.95. The van der Waals surface area contributed by atoms with Crippen LogP contribution in [0.4, 0.5) is 0 Å². The highest BCUT2D eigenvalue weighted by molar-refractivity contribution is 5.14. The Bertz CT molecular complexity index is 368. The Morgan fingerprint density at radius 2 is 1.80 bits per heavy atom. The van der Waals surface area contributed by atoms with Gasteiger partial charge in [0.25, 0.3) is 0 Å². The fourth-order valence-electron chi connectivity index (χ4n) is 3.69. The fraction of sp³-hybridized carbons (Fsp3) is 0.667. The second-order valence-electron chi connectivity index (χ2n) is 6.16. The molecule has 1 aliphatic carbocycles. The Morgan fingerprint density at radius 1 is 1.10 bits per heavy atom. The normalized spacial score (nSPS) is 17.8. The van der Waals surface area contributed by atoms with E-state index in [1.54, 1.807) is 0 Å². The minimum atomic E-state index is 0.321. The van der Waals surface area contributed by atoms with Crippen LogP contribution in [0.5, 0.6) is 0 Å². The van der Waals surface area contributed by atoms with Crippen molar-refractivity contribution in [3.8, 4) is 0 Å². The van der Waals surface area contributed by atoms with Gasteiger partial charge in [-0.15, -0.1) is 0 Å². The summed E-state index contributed by atoms with van der Waals surface area (Å²) in [5.41, 5.74) is 7.88. The molecule has 0 aromatic heterocycles. The number of nitrogens with zero attached hydrogens (tertiary/aromatic N) is 1. The third-order valence-electron chi connectivity index (χ3n) is 4.95. The zero-order valence-electron chi connectivity index (χ0n) is 13.0. The summed E-state index contributed by atoms with van der Waals surface area (Å²) in [4.78, 5) is 2.66. The number of aryl methyl sites for hydroxylation is 1. The molecule has 2 heteroatoms. The van der Waals surface area contributed by atoms with Crippen molar-refractivity contribution in [1.82, 2.24) is 4.90 Å². The Hall–Kier alpha value is -0.860. The largest absolute Gasteiger partial charge is 0.329 e. The highest BCUT2D eigenvalue weighted by Gasteiger charge is 2.36. The first kappa shape index (κ1) is 15.5. The van der Waals surface area contributed by atoms with Gasteiger partial charge in [-0.05, 0) is 50.8 Å². The maximum absolute atomic E-state index is 6.10. The molecule has 0 saturated heterocycles. The van der Waals surface area contributed by atoms with Gasteiger partial charge in [0.2, 0.25) is 0 Å². The van der Waals surface area contributed by atoms with Crippen LogP contribution in [0.2, 0.25) is 0 Å². The third kappa shape index (κ3) is 3.83. The number of hydrogen-bond donors (Lipinski definition) is 1. The van der Waals surface area contributed by atoms with E-state index < -0.39 is 0 Å². The van der Waals surface area contributed by atoms with E-state index in [0.717, 1.165) is 13.1 Å². The summed E-state index contributed by atoms with van der Waals surface area (Å²) in [6.07, 6.45) is 9.08. The lowest BCUT2D eigenvalue weighted by atomic mass is 9.94. The minimum absolute atomic E-state index is 0.321. The highest BCUT2D eigenvalue weighted by atomic mass is 15.2. The van der Waals surface area contributed by atoms with Gasteiger partial charge < -0.3 is 5.73 Å².